The van der Waals surface area contributed by atoms with Crippen LogP contribution in [0, 0.1) is 0 Å². The van der Waals surface area contributed by atoms with E-state index in [0.717, 1.165) is 25.7 Å². The molecule has 1 aromatic heterocycles. The summed E-state index contributed by atoms with van der Waals surface area (Å²) in [5.41, 5.74) is 8.67. The van der Waals surface area contributed by atoms with E-state index in [-0.39, 0.29) is 6.04 Å². The highest BCUT2D eigenvalue weighted by Crippen LogP contribution is 2.09. The molecule has 0 aliphatic heterocycles. The molecule has 0 radical (unpaired) electrons. The predicted octanol–water partition coefficient (Wildman–Crippen LogP) is 3.17. The van der Waals surface area contributed by atoms with E-state index in [1.807, 2.05) is 12.1 Å². The monoisotopic (exact) mass is 229 g/mol. The second kappa shape index (κ2) is 6.26. The Morgan fingerprint density at radius 1 is 1.06 bits per heavy atom. The molecule has 0 bridgehead atoms. The maximum atomic E-state index is 6.09. The van der Waals surface area contributed by atoms with Crippen LogP contribution in [0.5, 0.6) is 0 Å². The minimum absolute atomic E-state index is 0.233. The molecule has 0 spiro atoms. The highest BCUT2D eigenvalue weighted by molar-refractivity contribution is 5.14. The number of furan rings is 1. The van der Waals surface area contributed by atoms with Gasteiger partial charge in [0.05, 0.1) is 12.5 Å². The third kappa shape index (κ3) is 4.08. The van der Waals surface area contributed by atoms with Crippen LogP contribution in [0.15, 0.2) is 53.3 Å². The number of hydrogen-bond donors (Lipinski definition) is 1. The smallest absolute Gasteiger partial charge is 0.0935 e. The van der Waals surface area contributed by atoms with Gasteiger partial charge in [-0.25, -0.2) is 0 Å². The van der Waals surface area contributed by atoms with Crippen molar-refractivity contribution in [1.82, 2.24) is 0 Å². The summed E-state index contributed by atoms with van der Waals surface area (Å²) in [4.78, 5) is 0. The molecule has 0 fully saturated rings. The summed E-state index contributed by atoms with van der Waals surface area (Å²) in [5.74, 6) is 0. The molecule has 2 N–H and O–H groups in total. The fraction of sp³-hybridized carbons (Fsp3) is 0.333. The predicted molar refractivity (Wildman–Crippen MR) is 69.8 cm³/mol. The summed E-state index contributed by atoms with van der Waals surface area (Å²) in [7, 11) is 0. The maximum absolute atomic E-state index is 6.09. The van der Waals surface area contributed by atoms with Gasteiger partial charge in [-0.1, -0.05) is 30.3 Å². The van der Waals surface area contributed by atoms with Gasteiger partial charge in [0, 0.05) is 6.04 Å². The summed E-state index contributed by atoms with van der Waals surface area (Å²) in [6, 6.07) is 12.8. The van der Waals surface area contributed by atoms with Crippen LogP contribution < -0.4 is 5.73 Å². The van der Waals surface area contributed by atoms with Gasteiger partial charge in [-0.15, -0.1) is 0 Å². The van der Waals surface area contributed by atoms with Crippen molar-refractivity contribution < 1.29 is 4.42 Å². The van der Waals surface area contributed by atoms with E-state index < -0.39 is 0 Å². The van der Waals surface area contributed by atoms with E-state index in [1.54, 1.807) is 12.5 Å². The zero-order valence-corrected chi connectivity index (χ0v) is 10.0. The van der Waals surface area contributed by atoms with E-state index in [9.17, 15) is 0 Å². The highest BCUT2D eigenvalue weighted by Gasteiger charge is 2.05. The van der Waals surface area contributed by atoms with Crippen LogP contribution in [-0.2, 0) is 12.8 Å². The standard InChI is InChI=1S/C15H19NO/c16-15(11-14-9-10-17-12-14)8-4-7-13-5-2-1-3-6-13/h1-3,5-6,9-10,12,15H,4,7-8,11,16H2. The molecule has 1 aromatic carbocycles. The van der Waals surface area contributed by atoms with E-state index >= 15 is 0 Å². The van der Waals surface area contributed by atoms with E-state index in [1.165, 1.54) is 11.1 Å². The van der Waals surface area contributed by atoms with Crippen LogP contribution in [0.4, 0.5) is 0 Å². The van der Waals surface area contributed by atoms with Gasteiger partial charge in [-0.2, -0.15) is 0 Å². The van der Waals surface area contributed by atoms with Gasteiger partial charge in [-0.05, 0) is 42.9 Å². The van der Waals surface area contributed by atoms with Crippen molar-refractivity contribution in [2.24, 2.45) is 5.73 Å². The Morgan fingerprint density at radius 3 is 2.59 bits per heavy atom. The molecule has 2 aromatic rings. The lowest BCUT2D eigenvalue weighted by atomic mass is 10.0. The van der Waals surface area contributed by atoms with Gasteiger partial charge in [0.1, 0.15) is 0 Å². The third-order valence-electron chi connectivity index (χ3n) is 2.96. The molecule has 2 nitrogen and oxygen atoms in total. The molecule has 0 amide bonds. The molecule has 1 heterocycles. The molecule has 17 heavy (non-hydrogen) atoms. The van der Waals surface area contributed by atoms with Gasteiger partial charge in [0.25, 0.3) is 0 Å². The quantitative estimate of drug-likeness (QED) is 0.826. The zero-order chi connectivity index (χ0) is 11.9. The Bertz CT molecular complexity index is 408. The minimum Gasteiger partial charge on any atom is -0.472 e. The van der Waals surface area contributed by atoms with E-state index in [2.05, 4.69) is 24.3 Å². The van der Waals surface area contributed by atoms with Gasteiger partial charge < -0.3 is 10.2 Å². The second-order valence-electron chi connectivity index (χ2n) is 4.47. The molecular formula is C15H19NO. The first kappa shape index (κ1) is 11.9. The average molecular weight is 229 g/mol. The Balaban J connectivity index is 1.68. The van der Waals surface area contributed by atoms with Crippen LogP contribution in [0.25, 0.3) is 0 Å². The van der Waals surface area contributed by atoms with Crippen molar-refractivity contribution in [3.8, 4) is 0 Å². The van der Waals surface area contributed by atoms with Crippen molar-refractivity contribution in [1.29, 1.82) is 0 Å². The minimum atomic E-state index is 0.233. The third-order valence-corrected chi connectivity index (χ3v) is 2.96. The molecular weight excluding hydrogens is 210 g/mol. The lowest BCUT2D eigenvalue weighted by molar-refractivity contribution is 0.550. The molecule has 0 aliphatic carbocycles. The van der Waals surface area contributed by atoms with Crippen molar-refractivity contribution in [2.45, 2.75) is 31.7 Å². The molecule has 0 aliphatic rings. The summed E-state index contributed by atoms with van der Waals surface area (Å²) < 4.78 is 5.03. The van der Waals surface area contributed by atoms with Crippen molar-refractivity contribution in [3.05, 3.63) is 60.1 Å². The van der Waals surface area contributed by atoms with Crippen molar-refractivity contribution >= 4 is 0 Å². The number of hydrogen-bond acceptors (Lipinski definition) is 2. The van der Waals surface area contributed by atoms with E-state index in [4.69, 9.17) is 10.2 Å². The molecule has 2 heteroatoms. The number of nitrogens with two attached hydrogens (primary N) is 1. The maximum Gasteiger partial charge on any atom is 0.0935 e. The van der Waals surface area contributed by atoms with Crippen molar-refractivity contribution in [2.75, 3.05) is 0 Å². The zero-order valence-electron chi connectivity index (χ0n) is 10.0. The lowest BCUT2D eigenvalue weighted by Gasteiger charge is -2.09. The first-order chi connectivity index (χ1) is 8.34. The topological polar surface area (TPSA) is 39.2 Å². The molecule has 1 atom stereocenters. The summed E-state index contributed by atoms with van der Waals surface area (Å²) in [5, 5.41) is 0. The molecule has 0 saturated carbocycles. The highest BCUT2D eigenvalue weighted by atomic mass is 16.3. The summed E-state index contributed by atoms with van der Waals surface area (Å²) in [6.45, 7) is 0. The first-order valence-corrected chi connectivity index (χ1v) is 6.15. The SMILES string of the molecule is NC(CCCc1ccccc1)Cc1ccoc1. The largest absolute Gasteiger partial charge is 0.472 e. The first-order valence-electron chi connectivity index (χ1n) is 6.15. The Kier molecular flexibility index (Phi) is 4.39. The number of rotatable bonds is 6. The summed E-state index contributed by atoms with van der Waals surface area (Å²) in [6.07, 6.45) is 7.69. The Labute approximate surface area is 102 Å². The lowest BCUT2D eigenvalue weighted by Crippen LogP contribution is -2.22. The van der Waals surface area contributed by atoms with Gasteiger partial charge in [-0.3, -0.25) is 0 Å². The van der Waals surface area contributed by atoms with Crippen LogP contribution in [0.1, 0.15) is 24.0 Å². The molecule has 90 valence electrons. The fourth-order valence-electron chi connectivity index (χ4n) is 2.03. The average Bonchev–Trinajstić information content (AvgIpc) is 2.83. The van der Waals surface area contributed by atoms with Crippen LogP contribution in [-0.4, -0.2) is 6.04 Å². The van der Waals surface area contributed by atoms with Gasteiger partial charge in [0.15, 0.2) is 0 Å². The normalized spacial score (nSPS) is 12.5. The van der Waals surface area contributed by atoms with Gasteiger partial charge in [0.2, 0.25) is 0 Å². The number of benzene rings is 1. The van der Waals surface area contributed by atoms with Crippen LogP contribution in [0.2, 0.25) is 0 Å². The Hall–Kier alpha value is -1.54. The van der Waals surface area contributed by atoms with Crippen LogP contribution in [0.3, 0.4) is 0 Å². The van der Waals surface area contributed by atoms with Gasteiger partial charge >= 0.3 is 0 Å². The Morgan fingerprint density at radius 2 is 1.88 bits per heavy atom. The van der Waals surface area contributed by atoms with E-state index in [0.29, 0.717) is 0 Å². The van der Waals surface area contributed by atoms with Crippen molar-refractivity contribution in [3.63, 3.8) is 0 Å². The molecule has 1 unspecified atom stereocenters. The molecule has 2 rings (SSSR count). The van der Waals surface area contributed by atoms with Crippen LogP contribution >= 0.6 is 0 Å². The fourth-order valence-corrected chi connectivity index (χ4v) is 2.03. The molecule has 0 saturated heterocycles. The number of aryl methyl sites for hydroxylation is 1. The summed E-state index contributed by atoms with van der Waals surface area (Å²) >= 11 is 0. The second-order valence-corrected chi connectivity index (χ2v) is 4.47.